The number of thiazole rings is 1. The van der Waals surface area contributed by atoms with Crippen molar-refractivity contribution in [3.8, 4) is 0 Å². The molecule has 0 aliphatic carbocycles. The standard InChI is InChI=1S/C12H20N4OS/c1-9-8-13-12(18-9)14-11(17)10(2)16-6-4-15(3)5-7-16/h8,10H,4-7H2,1-3H3,(H,13,14,17)/t10-/m1/s1. The molecule has 1 aromatic heterocycles. The Labute approximate surface area is 112 Å². The highest BCUT2D eigenvalue weighted by molar-refractivity contribution is 7.15. The zero-order chi connectivity index (χ0) is 13.1. The number of carbonyl (C=O) groups is 1. The topological polar surface area (TPSA) is 48.5 Å². The molecule has 1 aromatic rings. The van der Waals surface area contributed by atoms with Gasteiger partial charge in [0.05, 0.1) is 6.04 Å². The van der Waals surface area contributed by atoms with E-state index in [9.17, 15) is 4.79 Å². The van der Waals surface area contributed by atoms with E-state index >= 15 is 0 Å². The van der Waals surface area contributed by atoms with Crippen LogP contribution in [0.5, 0.6) is 0 Å². The number of likely N-dealkylation sites (N-methyl/N-ethyl adjacent to an activating group) is 1. The molecule has 0 aromatic carbocycles. The van der Waals surface area contributed by atoms with Crippen molar-refractivity contribution in [2.45, 2.75) is 19.9 Å². The second-order valence-corrected chi connectivity index (χ2v) is 6.02. The summed E-state index contributed by atoms with van der Waals surface area (Å²) in [5.74, 6) is 0.0360. The van der Waals surface area contributed by atoms with Crippen molar-refractivity contribution in [3.05, 3.63) is 11.1 Å². The number of aryl methyl sites for hydroxylation is 1. The maximum absolute atomic E-state index is 12.1. The lowest BCUT2D eigenvalue weighted by Gasteiger charge is -2.35. The summed E-state index contributed by atoms with van der Waals surface area (Å²) in [5.41, 5.74) is 0. The fourth-order valence-corrected chi connectivity index (χ4v) is 2.66. The fraction of sp³-hybridized carbons (Fsp3) is 0.667. The van der Waals surface area contributed by atoms with E-state index in [1.165, 1.54) is 11.3 Å². The number of nitrogens with one attached hydrogen (secondary N) is 1. The second kappa shape index (κ2) is 5.77. The van der Waals surface area contributed by atoms with Gasteiger partial charge >= 0.3 is 0 Å². The molecule has 1 aliphatic rings. The van der Waals surface area contributed by atoms with Gasteiger partial charge in [0.2, 0.25) is 5.91 Å². The molecule has 0 spiro atoms. The molecule has 18 heavy (non-hydrogen) atoms. The highest BCUT2D eigenvalue weighted by Gasteiger charge is 2.24. The van der Waals surface area contributed by atoms with Crippen LogP contribution in [0.15, 0.2) is 6.20 Å². The van der Waals surface area contributed by atoms with Crippen LogP contribution in [0.2, 0.25) is 0 Å². The summed E-state index contributed by atoms with van der Waals surface area (Å²) < 4.78 is 0. The number of rotatable bonds is 3. The summed E-state index contributed by atoms with van der Waals surface area (Å²) in [6.07, 6.45) is 1.78. The summed E-state index contributed by atoms with van der Waals surface area (Å²) in [6, 6.07) is -0.0945. The number of carbonyl (C=O) groups excluding carboxylic acids is 1. The normalized spacial score (nSPS) is 19.7. The van der Waals surface area contributed by atoms with E-state index in [4.69, 9.17) is 0 Å². The van der Waals surface area contributed by atoms with Crippen LogP contribution in [0.3, 0.4) is 0 Å². The number of amides is 1. The first-order chi connectivity index (χ1) is 8.56. The van der Waals surface area contributed by atoms with Gasteiger partial charge in [0.1, 0.15) is 0 Å². The SMILES string of the molecule is Cc1cnc(NC(=O)[C@@H](C)N2CCN(C)CC2)s1. The third-order valence-electron chi connectivity index (χ3n) is 3.32. The van der Waals surface area contributed by atoms with Gasteiger partial charge in [0, 0.05) is 37.3 Å². The molecule has 1 fully saturated rings. The highest BCUT2D eigenvalue weighted by atomic mass is 32.1. The molecule has 1 aliphatic heterocycles. The molecule has 1 N–H and O–H groups in total. The Kier molecular flexibility index (Phi) is 4.31. The minimum absolute atomic E-state index is 0.0360. The van der Waals surface area contributed by atoms with Crippen LogP contribution < -0.4 is 5.32 Å². The summed E-state index contributed by atoms with van der Waals surface area (Å²) in [4.78, 5) is 21.9. The number of nitrogens with zero attached hydrogens (tertiary/aromatic N) is 3. The van der Waals surface area contributed by atoms with Crippen molar-refractivity contribution in [1.29, 1.82) is 0 Å². The average molecular weight is 268 g/mol. The van der Waals surface area contributed by atoms with E-state index in [2.05, 4.69) is 27.1 Å². The first-order valence-corrected chi connectivity index (χ1v) is 7.04. The highest BCUT2D eigenvalue weighted by Crippen LogP contribution is 2.17. The van der Waals surface area contributed by atoms with Crippen molar-refractivity contribution in [2.24, 2.45) is 0 Å². The molecule has 0 bridgehead atoms. The van der Waals surface area contributed by atoms with Gasteiger partial charge in [-0.15, -0.1) is 11.3 Å². The molecular weight excluding hydrogens is 248 g/mol. The molecule has 0 saturated carbocycles. The number of hydrogen-bond donors (Lipinski definition) is 1. The Balaban J connectivity index is 1.88. The Morgan fingerprint density at radius 3 is 2.67 bits per heavy atom. The van der Waals surface area contributed by atoms with Crippen LogP contribution in [0.4, 0.5) is 5.13 Å². The number of hydrogen-bond acceptors (Lipinski definition) is 5. The Morgan fingerprint density at radius 1 is 1.44 bits per heavy atom. The van der Waals surface area contributed by atoms with Crippen LogP contribution in [-0.4, -0.2) is 60.0 Å². The molecule has 6 heteroatoms. The zero-order valence-corrected chi connectivity index (χ0v) is 12.0. The van der Waals surface area contributed by atoms with Crippen molar-refractivity contribution >= 4 is 22.4 Å². The predicted molar refractivity (Wildman–Crippen MR) is 74.0 cm³/mol. The van der Waals surface area contributed by atoms with Crippen LogP contribution in [0.25, 0.3) is 0 Å². The predicted octanol–water partition coefficient (Wildman–Crippen LogP) is 1.03. The number of aromatic nitrogens is 1. The first kappa shape index (κ1) is 13.5. The minimum atomic E-state index is -0.0945. The van der Waals surface area contributed by atoms with Crippen LogP contribution in [-0.2, 0) is 4.79 Å². The first-order valence-electron chi connectivity index (χ1n) is 6.22. The lowest BCUT2D eigenvalue weighted by atomic mass is 10.2. The molecule has 0 unspecified atom stereocenters. The molecule has 1 saturated heterocycles. The molecule has 0 radical (unpaired) electrons. The van der Waals surface area contributed by atoms with Crippen molar-refractivity contribution < 1.29 is 4.79 Å². The molecule has 5 nitrogen and oxygen atoms in total. The average Bonchev–Trinajstić information content (AvgIpc) is 2.75. The molecule has 1 amide bonds. The van der Waals surface area contributed by atoms with Crippen molar-refractivity contribution in [2.75, 3.05) is 38.5 Å². The maximum Gasteiger partial charge on any atom is 0.243 e. The smallest absolute Gasteiger partial charge is 0.243 e. The van der Waals surface area contributed by atoms with E-state index in [1.807, 2.05) is 13.8 Å². The maximum atomic E-state index is 12.1. The lowest BCUT2D eigenvalue weighted by molar-refractivity contribution is -0.121. The van der Waals surface area contributed by atoms with E-state index in [0.717, 1.165) is 31.1 Å². The minimum Gasteiger partial charge on any atom is -0.304 e. The third kappa shape index (κ3) is 3.28. The largest absolute Gasteiger partial charge is 0.304 e. The monoisotopic (exact) mass is 268 g/mol. The molecule has 100 valence electrons. The van der Waals surface area contributed by atoms with Crippen molar-refractivity contribution in [1.82, 2.24) is 14.8 Å². The van der Waals surface area contributed by atoms with Gasteiger partial charge in [-0.3, -0.25) is 9.69 Å². The van der Waals surface area contributed by atoms with Gasteiger partial charge in [-0.25, -0.2) is 4.98 Å². The molecule has 1 atom stereocenters. The number of anilines is 1. The van der Waals surface area contributed by atoms with Gasteiger partial charge in [-0.1, -0.05) is 0 Å². The van der Waals surface area contributed by atoms with Crippen molar-refractivity contribution in [3.63, 3.8) is 0 Å². The van der Waals surface area contributed by atoms with E-state index < -0.39 is 0 Å². The van der Waals surface area contributed by atoms with Gasteiger partial charge in [-0.2, -0.15) is 0 Å². The van der Waals surface area contributed by atoms with E-state index in [1.54, 1.807) is 6.20 Å². The van der Waals surface area contributed by atoms with Gasteiger partial charge in [0.25, 0.3) is 0 Å². The van der Waals surface area contributed by atoms with Crippen LogP contribution in [0, 0.1) is 6.92 Å². The number of piperazine rings is 1. The summed E-state index contributed by atoms with van der Waals surface area (Å²) in [7, 11) is 2.11. The summed E-state index contributed by atoms with van der Waals surface area (Å²) in [5, 5.41) is 3.58. The Bertz CT molecular complexity index is 412. The van der Waals surface area contributed by atoms with E-state index in [-0.39, 0.29) is 11.9 Å². The molecule has 2 heterocycles. The van der Waals surface area contributed by atoms with Gasteiger partial charge < -0.3 is 10.2 Å². The van der Waals surface area contributed by atoms with E-state index in [0.29, 0.717) is 5.13 Å². The lowest BCUT2D eigenvalue weighted by Crippen LogP contribution is -2.51. The van der Waals surface area contributed by atoms with Crippen LogP contribution in [0.1, 0.15) is 11.8 Å². The van der Waals surface area contributed by atoms with Gasteiger partial charge in [-0.05, 0) is 20.9 Å². The second-order valence-electron chi connectivity index (χ2n) is 4.78. The Morgan fingerprint density at radius 2 is 2.11 bits per heavy atom. The third-order valence-corrected chi connectivity index (χ3v) is 4.14. The van der Waals surface area contributed by atoms with Crippen LogP contribution >= 0.6 is 11.3 Å². The zero-order valence-electron chi connectivity index (χ0n) is 11.1. The Hall–Kier alpha value is -0.980. The molecular formula is C12H20N4OS. The fourth-order valence-electron chi connectivity index (χ4n) is 2.00. The quantitative estimate of drug-likeness (QED) is 0.889. The molecule has 2 rings (SSSR count). The summed E-state index contributed by atoms with van der Waals surface area (Å²) in [6.45, 7) is 7.88. The van der Waals surface area contributed by atoms with Gasteiger partial charge in [0.15, 0.2) is 5.13 Å². The summed E-state index contributed by atoms with van der Waals surface area (Å²) >= 11 is 1.51.